The Labute approximate surface area is 126 Å². The van der Waals surface area contributed by atoms with Crippen molar-refractivity contribution in [3.05, 3.63) is 28.2 Å². The van der Waals surface area contributed by atoms with Crippen molar-refractivity contribution in [3.8, 4) is 5.75 Å². The molecule has 0 unspecified atom stereocenters. The molecule has 1 rings (SSSR count). The molecule has 0 bridgehead atoms. The predicted molar refractivity (Wildman–Crippen MR) is 80.3 cm³/mol. The molecule has 0 saturated heterocycles. The van der Waals surface area contributed by atoms with Gasteiger partial charge in [-0.05, 0) is 48.0 Å². The van der Waals surface area contributed by atoms with Crippen LogP contribution in [0, 0.1) is 0 Å². The Bertz CT molecular complexity index is 518. The van der Waals surface area contributed by atoms with Crippen molar-refractivity contribution >= 4 is 27.7 Å². The smallest absolute Gasteiger partial charge is 0.254 e. The Hall–Kier alpha value is -1.76. The van der Waals surface area contributed by atoms with E-state index >= 15 is 0 Å². The lowest BCUT2D eigenvalue weighted by atomic mass is 10.1. The maximum absolute atomic E-state index is 12.5. The molecule has 7 heteroatoms. The number of amides is 1. The van der Waals surface area contributed by atoms with Gasteiger partial charge in [0.05, 0.1) is 18.1 Å². The summed E-state index contributed by atoms with van der Waals surface area (Å²) in [5, 5.41) is 11.5. The summed E-state index contributed by atoms with van der Waals surface area (Å²) in [5.74, 6) is 0.434. The van der Waals surface area contributed by atoms with Gasteiger partial charge in [0, 0.05) is 11.6 Å². The number of hydrogen-bond acceptors (Lipinski definition) is 4. The van der Waals surface area contributed by atoms with Crippen LogP contribution in [-0.4, -0.2) is 41.5 Å². The lowest BCUT2D eigenvalue weighted by molar-refractivity contribution is 0.0734. The zero-order valence-corrected chi connectivity index (χ0v) is 13.2. The Kier molecular flexibility index (Phi) is 5.82. The first-order valence-corrected chi connectivity index (χ1v) is 6.81. The number of nitrogens with zero attached hydrogens (tertiary/aromatic N) is 2. The van der Waals surface area contributed by atoms with Gasteiger partial charge in [-0.3, -0.25) is 4.79 Å². The van der Waals surface area contributed by atoms with Crippen molar-refractivity contribution in [1.82, 2.24) is 4.90 Å². The van der Waals surface area contributed by atoms with Crippen molar-refractivity contribution in [3.63, 3.8) is 0 Å². The van der Waals surface area contributed by atoms with Crippen LogP contribution in [0.2, 0.25) is 0 Å². The summed E-state index contributed by atoms with van der Waals surface area (Å²) < 4.78 is 5.82. The highest BCUT2D eigenvalue weighted by atomic mass is 79.9. The van der Waals surface area contributed by atoms with Crippen molar-refractivity contribution in [2.24, 2.45) is 10.9 Å². The van der Waals surface area contributed by atoms with Crippen LogP contribution in [0.15, 0.2) is 27.8 Å². The van der Waals surface area contributed by atoms with Crippen LogP contribution in [0.3, 0.4) is 0 Å². The maximum Gasteiger partial charge on any atom is 0.254 e. The third-order valence-electron chi connectivity index (χ3n) is 2.74. The highest BCUT2D eigenvalue weighted by molar-refractivity contribution is 9.10. The lowest BCUT2D eigenvalue weighted by Crippen LogP contribution is -2.42. The van der Waals surface area contributed by atoms with Gasteiger partial charge in [-0.15, -0.1) is 0 Å². The number of halogens is 1. The number of hydrogen-bond donors (Lipinski definition) is 2. The van der Waals surface area contributed by atoms with Gasteiger partial charge in [0.2, 0.25) is 0 Å². The molecule has 3 N–H and O–H groups in total. The molecule has 1 aromatic carbocycles. The molecule has 0 saturated carbocycles. The van der Waals surface area contributed by atoms with Gasteiger partial charge in [-0.1, -0.05) is 5.16 Å². The number of amidine groups is 1. The zero-order valence-electron chi connectivity index (χ0n) is 11.6. The number of oxime groups is 1. The highest BCUT2D eigenvalue weighted by Gasteiger charge is 2.20. The zero-order chi connectivity index (χ0) is 15.3. The molecule has 0 aromatic heterocycles. The molecule has 1 aromatic rings. The Morgan fingerprint density at radius 3 is 2.65 bits per heavy atom. The lowest BCUT2D eigenvalue weighted by Gasteiger charge is -2.26. The molecule has 110 valence electrons. The summed E-state index contributed by atoms with van der Waals surface area (Å²) in [4.78, 5) is 14.0. The minimum absolute atomic E-state index is 0.0142. The van der Waals surface area contributed by atoms with Gasteiger partial charge in [-0.2, -0.15) is 0 Å². The van der Waals surface area contributed by atoms with Crippen LogP contribution in [0.5, 0.6) is 5.75 Å². The molecule has 0 aliphatic carbocycles. The number of nitrogens with two attached hydrogens (primary N) is 1. The first-order chi connectivity index (χ1) is 9.40. The average molecular weight is 344 g/mol. The Morgan fingerprint density at radius 2 is 2.20 bits per heavy atom. The summed E-state index contributed by atoms with van der Waals surface area (Å²) in [7, 11) is 1.56. The second kappa shape index (κ2) is 7.14. The molecule has 20 heavy (non-hydrogen) atoms. The molecule has 0 aliphatic rings. The number of carbonyl (C=O) groups is 1. The van der Waals surface area contributed by atoms with Crippen molar-refractivity contribution < 1.29 is 14.7 Å². The molecular formula is C13H18BrN3O3. The van der Waals surface area contributed by atoms with E-state index in [1.54, 1.807) is 25.3 Å². The van der Waals surface area contributed by atoms with Gasteiger partial charge in [-0.25, -0.2) is 0 Å². The quantitative estimate of drug-likeness (QED) is 0.370. The number of rotatable bonds is 5. The van der Waals surface area contributed by atoms with Crippen LogP contribution in [0.4, 0.5) is 0 Å². The number of ether oxygens (including phenoxy) is 1. The summed E-state index contributed by atoms with van der Waals surface area (Å²) in [6.07, 6.45) is 0. The minimum Gasteiger partial charge on any atom is -0.496 e. The van der Waals surface area contributed by atoms with E-state index in [1.165, 1.54) is 4.90 Å². The summed E-state index contributed by atoms with van der Waals surface area (Å²) in [6, 6.07) is 4.99. The fraction of sp³-hybridized carbons (Fsp3) is 0.385. The largest absolute Gasteiger partial charge is 0.496 e. The van der Waals surface area contributed by atoms with E-state index in [0.29, 0.717) is 15.8 Å². The molecule has 1 amide bonds. The topological polar surface area (TPSA) is 88.2 Å². The fourth-order valence-corrected chi connectivity index (χ4v) is 2.20. The van der Waals surface area contributed by atoms with Gasteiger partial charge in [0.1, 0.15) is 5.75 Å². The number of carbonyl (C=O) groups excluding carboxylic acids is 1. The summed E-state index contributed by atoms with van der Waals surface area (Å²) in [6.45, 7) is 3.79. The van der Waals surface area contributed by atoms with Crippen LogP contribution in [0.1, 0.15) is 24.2 Å². The standard InChI is InChI=1S/C13H18BrN3O3/c1-8(2)17(7-12(15)16-19)13(18)9-4-5-11(20-3)10(14)6-9/h4-6,8,19H,7H2,1-3H3,(H2,15,16). The van der Waals surface area contributed by atoms with Gasteiger partial charge >= 0.3 is 0 Å². The minimum atomic E-state index is -0.199. The van der Waals surface area contributed by atoms with Gasteiger partial charge in [0.25, 0.3) is 5.91 Å². The van der Waals surface area contributed by atoms with Crippen molar-refractivity contribution in [1.29, 1.82) is 0 Å². The molecule has 0 radical (unpaired) electrons. The molecule has 0 fully saturated rings. The Balaban J connectivity index is 3.03. The normalized spacial score (nSPS) is 11.6. The SMILES string of the molecule is COc1ccc(C(=O)N(CC(N)=NO)C(C)C)cc1Br. The molecule has 0 spiro atoms. The first-order valence-electron chi connectivity index (χ1n) is 6.01. The molecule has 0 heterocycles. The van der Waals surface area contributed by atoms with E-state index in [-0.39, 0.29) is 24.3 Å². The van der Waals surface area contributed by atoms with Crippen molar-refractivity contribution in [2.75, 3.05) is 13.7 Å². The maximum atomic E-state index is 12.5. The van der Waals surface area contributed by atoms with Crippen LogP contribution in [0.25, 0.3) is 0 Å². The predicted octanol–water partition coefficient (Wildman–Crippen LogP) is 2.05. The van der Waals surface area contributed by atoms with E-state index in [9.17, 15) is 4.79 Å². The summed E-state index contributed by atoms with van der Waals surface area (Å²) in [5.41, 5.74) is 5.98. The van der Waals surface area contributed by atoms with Crippen LogP contribution in [-0.2, 0) is 0 Å². The number of methoxy groups -OCH3 is 1. The monoisotopic (exact) mass is 343 g/mol. The number of benzene rings is 1. The highest BCUT2D eigenvalue weighted by Crippen LogP contribution is 2.26. The molecule has 6 nitrogen and oxygen atoms in total. The molecular weight excluding hydrogens is 326 g/mol. The van der Waals surface area contributed by atoms with Crippen LogP contribution < -0.4 is 10.5 Å². The molecule has 0 atom stereocenters. The summed E-state index contributed by atoms with van der Waals surface area (Å²) >= 11 is 3.34. The molecule has 0 aliphatic heterocycles. The van der Waals surface area contributed by atoms with E-state index in [4.69, 9.17) is 15.7 Å². The third kappa shape index (κ3) is 3.86. The van der Waals surface area contributed by atoms with E-state index in [0.717, 1.165) is 0 Å². The average Bonchev–Trinajstić information content (AvgIpc) is 2.43. The first kappa shape index (κ1) is 16.3. The van der Waals surface area contributed by atoms with Crippen molar-refractivity contribution in [2.45, 2.75) is 19.9 Å². The fourth-order valence-electron chi connectivity index (χ4n) is 1.66. The second-order valence-corrected chi connectivity index (χ2v) is 5.32. The van der Waals surface area contributed by atoms with E-state index < -0.39 is 0 Å². The van der Waals surface area contributed by atoms with Gasteiger partial charge < -0.3 is 20.6 Å². The second-order valence-electron chi connectivity index (χ2n) is 4.47. The van der Waals surface area contributed by atoms with Gasteiger partial charge in [0.15, 0.2) is 5.84 Å². The Morgan fingerprint density at radius 1 is 1.55 bits per heavy atom. The third-order valence-corrected chi connectivity index (χ3v) is 3.36. The van der Waals surface area contributed by atoms with E-state index in [2.05, 4.69) is 21.1 Å². The van der Waals surface area contributed by atoms with Crippen LogP contribution >= 0.6 is 15.9 Å². The van der Waals surface area contributed by atoms with E-state index in [1.807, 2.05) is 13.8 Å².